The highest BCUT2D eigenvalue weighted by Gasteiger charge is 2.42. The highest BCUT2D eigenvalue weighted by atomic mass is 32.2. The van der Waals surface area contributed by atoms with Gasteiger partial charge in [0.25, 0.3) is 0 Å². The maximum atomic E-state index is 14.6. The van der Waals surface area contributed by atoms with Gasteiger partial charge in [0.15, 0.2) is 5.96 Å². The molecule has 1 aliphatic heterocycles. The van der Waals surface area contributed by atoms with E-state index in [1.807, 2.05) is 0 Å². The van der Waals surface area contributed by atoms with Gasteiger partial charge in [0.05, 0.1) is 31.5 Å². The van der Waals surface area contributed by atoms with Gasteiger partial charge in [0.1, 0.15) is 109 Å². The molecule has 1 unspecified atom stereocenters. The molecule has 145 heavy (non-hydrogen) atoms. The Bertz CT molecular complexity index is 4880. The van der Waals surface area contributed by atoms with Gasteiger partial charge in [-0.25, -0.2) is 4.79 Å². The van der Waals surface area contributed by atoms with E-state index < -0.39 is 342 Å². The zero-order chi connectivity index (χ0) is 110. The first-order chi connectivity index (χ1) is 68.1. The third-order valence-electron chi connectivity index (χ3n) is 23.4. The number of guanidine groups is 1. The summed E-state index contributed by atoms with van der Waals surface area (Å²) in [5, 5.41) is 89.9. The largest absolute Gasteiger partial charge is 0.481 e. The lowest BCUT2D eigenvalue weighted by Gasteiger charge is -2.30. The summed E-state index contributed by atoms with van der Waals surface area (Å²) in [5.41, 5.74) is 12.2. The highest BCUT2D eigenvalue weighted by Crippen LogP contribution is 2.22. The summed E-state index contributed by atoms with van der Waals surface area (Å²) in [7, 11) is -2.31. The number of carbonyl (C=O) groups is 22. The normalized spacial score (nSPS) is 19.7. The maximum absolute atomic E-state index is 14.6. The second-order valence-electron chi connectivity index (χ2n) is 36.3. The summed E-state index contributed by atoms with van der Waals surface area (Å²) < 4.78 is 14.2. The molecule has 0 aliphatic carbocycles. The Balaban J connectivity index is 1.86. The number of hydrogen-bond donors (Lipinski definition) is 31. The summed E-state index contributed by atoms with van der Waals surface area (Å²) in [6.07, 6.45) is -0.558. The molecule has 3 rings (SSSR count). The first-order valence-electron chi connectivity index (χ1n) is 47.8. The number of carboxylic acids is 2. The maximum Gasteiger partial charge on any atom is 0.326 e. The first-order valence-corrected chi connectivity index (χ1v) is 51.2. The van der Waals surface area contributed by atoms with Crippen molar-refractivity contribution in [1.29, 1.82) is 5.41 Å². The van der Waals surface area contributed by atoms with Gasteiger partial charge in [-0.05, 0) is 107 Å². The number of H-pyrrole nitrogens is 1. The molecule has 1 saturated heterocycles. The van der Waals surface area contributed by atoms with E-state index in [0.29, 0.717) is 16.5 Å². The van der Waals surface area contributed by atoms with Crippen LogP contribution in [-0.2, 0) is 123 Å². The van der Waals surface area contributed by atoms with Crippen LogP contribution in [0.4, 0.5) is 0 Å². The molecular formula is C90H147N25O26S4. The average molecular weight is 2120 g/mol. The van der Waals surface area contributed by atoms with Gasteiger partial charge in [0.2, 0.25) is 118 Å². The van der Waals surface area contributed by atoms with E-state index >= 15 is 0 Å². The SMILES string of the molecule is CC[C@H](NC(=O)[C@H](C)NC(=O)[C@@H](NC(=O)[C@H](Cc1c[nH]c2ccccc12)NC(=O)CNC(=O)[C@H](CO)NC(=O)[C@H](CS)NC(=O)[C@H](C)N)C(C)C)C(=O)N[C@@H](CC(C)C)C(=O)N[C@@H](CC)C(=O)N[C@H](C(=O)N[C@@H](CCC(=O)O)C(=O)N[C@@H](CS)C(=O)NCC(=O)N[C@H]1CCS(=O)C[C@@H](C(=O)N[C@@H](CCCNC(=N)N)C(=O)O)NC(=O)[C@H](C)NC(=O)[C@H](CS)NC(=O)[C@H]([C@@H](C)CC)NC(=O)[C@H](C(C)C)NC1=O)[C@@H](C)CC. The Hall–Kier alpha value is -12.5. The van der Waals surface area contributed by atoms with Crippen molar-refractivity contribution in [3.05, 3.63) is 36.0 Å². The monoisotopic (exact) mass is 2120 g/mol. The van der Waals surface area contributed by atoms with Crippen molar-refractivity contribution in [2.24, 2.45) is 41.1 Å². The van der Waals surface area contributed by atoms with Crippen molar-refractivity contribution < 1.29 is 125 Å². The molecule has 0 saturated carbocycles. The van der Waals surface area contributed by atoms with Crippen molar-refractivity contribution >= 4 is 196 Å². The number of aliphatic carboxylic acids is 2. The molecule has 0 spiro atoms. The first kappa shape index (κ1) is 127. The minimum atomic E-state index is -2.31. The van der Waals surface area contributed by atoms with Crippen molar-refractivity contribution in [3.63, 3.8) is 0 Å². The van der Waals surface area contributed by atoms with E-state index in [1.165, 1.54) is 48.5 Å². The molecule has 0 bridgehead atoms. The number of para-hydroxylation sites is 1. The molecule has 55 heteroatoms. The Morgan fingerprint density at radius 1 is 0.517 bits per heavy atom. The minimum absolute atomic E-state index is 0.0108. The fourth-order valence-corrected chi connectivity index (χ4v) is 16.3. The van der Waals surface area contributed by atoms with E-state index in [-0.39, 0.29) is 75.3 Å². The molecule has 1 aromatic heterocycles. The molecule has 22 atom stereocenters. The molecule has 1 aliphatic rings. The van der Waals surface area contributed by atoms with Gasteiger partial charge in [-0.15, -0.1) is 0 Å². The quantitative estimate of drug-likeness (QED) is 0.0127. The molecule has 51 nitrogen and oxygen atoms in total. The molecule has 812 valence electrons. The number of benzene rings is 1. The Labute approximate surface area is 859 Å². The predicted molar refractivity (Wildman–Crippen MR) is 541 cm³/mol. The van der Waals surface area contributed by atoms with Crippen molar-refractivity contribution in [3.8, 4) is 0 Å². The Morgan fingerprint density at radius 2 is 1.03 bits per heavy atom. The van der Waals surface area contributed by atoms with Crippen LogP contribution in [0.2, 0.25) is 0 Å². The molecular weight excluding hydrogens is 1980 g/mol. The smallest absolute Gasteiger partial charge is 0.326 e. The van der Waals surface area contributed by atoms with E-state index in [2.05, 4.69) is 155 Å². The van der Waals surface area contributed by atoms with Gasteiger partial charge in [-0.3, -0.25) is 110 Å². The molecule has 1 fully saturated rings. The molecule has 2 aromatic rings. The molecule has 0 radical (unpaired) electrons. The summed E-state index contributed by atoms with van der Waals surface area (Å²) in [6, 6.07) is -21.4. The van der Waals surface area contributed by atoms with E-state index in [9.17, 15) is 125 Å². The van der Waals surface area contributed by atoms with Crippen LogP contribution in [0, 0.1) is 35.0 Å². The number of nitrogens with two attached hydrogens (primary N) is 2. The number of fused-ring (bicyclic) bond motifs is 1. The summed E-state index contributed by atoms with van der Waals surface area (Å²) in [6.45, 7) is 20.4. The fraction of sp³-hybridized carbons (Fsp3) is 0.656. The number of rotatable bonds is 54. The van der Waals surface area contributed by atoms with Gasteiger partial charge in [-0.1, -0.05) is 114 Å². The van der Waals surface area contributed by atoms with Gasteiger partial charge in [-0.2, -0.15) is 37.9 Å². The number of thiol groups is 3. The zero-order valence-electron chi connectivity index (χ0n) is 84.0. The second kappa shape index (κ2) is 63.7. The number of aliphatic hydroxyl groups is 1. The van der Waals surface area contributed by atoms with Crippen LogP contribution in [0.1, 0.15) is 174 Å². The number of carbonyl (C=O) groups excluding carboxylic acids is 20. The van der Waals surface area contributed by atoms with Crippen LogP contribution in [-0.4, -0.2) is 330 Å². The lowest BCUT2D eigenvalue weighted by molar-refractivity contribution is -0.142. The molecule has 1 aromatic carbocycles. The topological polar surface area (TPSA) is 798 Å². The Kier molecular flexibility index (Phi) is 55.6. The van der Waals surface area contributed by atoms with Crippen molar-refractivity contribution in [2.75, 3.05) is 55.0 Å². The van der Waals surface area contributed by atoms with Gasteiger partial charge in [0, 0.05) is 70.3 Å². The lowest BCUT2D eigenvalue weighted by atomic mass is 9.96. The van der Waals surface area contributed by atoms with Crippen molar-refractivity contribution in [1.82, 2.24) is 117 Å². The minimum Gasteiger partial charge on any atom is -0.481 e. The fourth-order valence-electron chi connectivity index (χ4n) is 14.3. The second-order valence-corrected chi connectivity index (χ2v) is 39.1. The van der Waals surface area contributed by atoms with Crippen LogP contribution in [0.25, 0.3) is 10.9 Å². The number of amides is 20. The van der Waals surface area contributed by atoms with Crippen LogP contribution in [0.15, 0.2) is 30.5 Å². The molecule has 2 heterocycles. The van der Waals surface area contributed by atoms with E-state index in [4.69, 9.17) is 16.9 Å². The third kappa shape index (κ3) is 43.0. The van der Waals surface area contributed by atoms with Crippen LogP contribution < -0.4 is 123 Å². The third-order valence-corrected chi connectivity index (χ3v) is 25.9. The highest BCUT2D eigenvalue weighted by molar-refractivity contribution is 7.85. The summed E-state index contributed by atoms with van der Waals surface area (Å²) >= 11 is 12.5. The lowest BCUT2D eigenvalue weighted by Crippen LogP contribution is -2.62. The predicted octanol–water partition coefficient (Wildman–Crippen LogP) is -7.53. The number of nitrogens with one attached hydrogen (secondary N) is 23. The summed E-state index contributed by atoms with van der Waals surface area (Å²) in [5.74, 6) is -28.5. The van der Waals surface area contributed by atoms with E-state index in [1.54, 1.807) is 85.9 Å². The average Bonchev–Trinajstić information content (AvgIpc) is 1.71. The number of aromatic nitrogens is 1. The number of carboxylic acid groups (broad SMARTS) is 2. The van der Waals surface area contributed by atoms with Crippen LogP contribution in [0.3, 0.4) is 0 Å². The standard InChI is InChI=1S/C90H147N25O26S4/c1-16-44(11)69(114-77(127)52(19-4)103-80(130)57(31-41(5)6)106-76(126)51(18-3)102-72(122)48(15)99-85(135)67(42(7)8)113-81(131)58(32-49-33-95-53-24-21-20-23-50(49)53)101-65(118)35-96-74(124)59(36-116)107-83(133)62(39-144)108-71(121)46(13)91)87(137)104-54(26-27-66(119)120)78(128)109-60(37-142)75(125)97-34-64(117)100-55-28-30-145(141)40-63(84(134)105-56(89(139)140)25-22-29-94-90(92)93)111-73(123)47(14)98-82(132)61(38-143)110-88(138)70(45(12)17-2)115-86(136)68(43(9)10)112-79(55)129/h20-21,23-24,33,41-48,51-52,54-63,67-70,95,116,142-144H,16-19,22,25-32,34-40,91H2,1-15H3,(H,96,124)(H,97,125)(H,98,132)(H,99,135)(H,100,117)(H,101,118)(H,102,122)(H,103,130)(H,104,137)(H,105,134)(H,106,126)(H,107,133)(H,108,121)(H,109,128)(H,110,138)(H,111,123)(H,112,129)(H,113,131)(H,114,127)(H,115,136)(H,119,120)(H,139,140)(H4,92,93,94)/t44-,45-,46-,47-,48-,51-,52-,54-,55-,56-,57-,58-,59-,60-,61-,62-,63-,67-,68-,69-,70-,145?/m0/s1. The van der Waals surface area contributed by atoms with Gasteiger partial charge < -0.3 is 143 Å². The van der Waals surface area contributed by atoms with Crippen LogP contribution >= 0.6 is 37.9 Å². The zero-order valence-corrected chi connectivity index (χ0v) is 87.5. The van der Waals surface area contributed by atoms with Crippen molar-refractivity contribution in [2.45, 2.75) is 289 Å². The van der Waals surface area contributed by atoms with Gasteiger partial charge >= 0.3 is 11.9 Å². The number of aromatic amines is 1. The number of aliphatic hydroxyl groups excluding tert-OH is 1. The van der Waals surface area contributed by atoms with E-state index in [0.717, 1.165) is 0 Å². The Morgan fingerprint density at radius 3 is 1.59 bits per heavy atom. The van der Waals surface area contributed by atoms with Crippen LogP contribution in [0.5, 0.6) is 0 Å². The number of hydrogen-bond acceptors (Lipinski definition) is 29. The molecule has 20 amide bonds. The summed E-state index contributed by atoms with van der Waals surface area (Å²) in [4.78, 5) is 307. The molecule has 30 N–H and O–H groups in total.